The fraction of sp³-hybridized carbons (Fsp3) is 0.185. The summed E-state index contributed by atoms with van der Waals surface area (Å²) in [7, 11) is 7.03. The molecule has 3 aliphatic heterocycles. The molecular formula is C54H43N5O10. The first-order valence-electron chi connectivity index (χ1n) is 22.0. The summed E-state index contributed by atoms with van der Waals surface area (Å²) in [4.78, 5) is 120. The van der Waals surface area contributed by atoms with E-state index < -0.39 is 45.9 Å². The predicted molar refractivity (Wildman–Crippen MR) is 259 cm³/mol. The van der Waals surface area contributed by atoms with Crippen LogP contribution in [-0.2, 0) is 33.3 Å². The molecule has 15 nitrogen and oxygen atoms in total. The van der Waals surface area contributed by atoms with Gasteiger partial charge in [-0.15, -0.1) is 0 Å². The lowest BCUT2D eigenvalue weighted by Crippen LogP contribution is -2.50. The fourth-order valence-corrected chi connectivity index (χ4v) is 9.75. The van der Waals surface area contributed by atoms with E-state index in [2.05, 4.69) is 97.1 Å². The number of hydrogen-bond donors (Lipinski definition) is 0. The Bertz CT molecular complexity index is 3350. The van der Waals surface area contributed by atoms with Gasteiger partial charge in [-0.3, -0.25) is 71.8 Å². The summed E-state index contributed by atoms with van der Waals surface area (Å²) in [6.45, 7) is 1.90. The quantitative estimate of drug-likeness (QED) is 0.190. The van der Waals surface area contributed by atoms with Gasteiger partial charge in [0.2, 0.25) is 23.6 Å². The second kappa shape index (κ2) is 17.2. The first kappa shape index (κ1) is 45.4. The number of carbonyl (C=O) groups excluding carboxylic acids is 6. The first-order chi connectivity index (χ1) is 32.9. The van der Waals surface area contributed by atoms with Gasteiger partial charge >= 0.3 is 0 Å². The van der Waals surface area contributed by atoms with E-state index in [1.165, 1.54) is 80.4 Å². The molecule has 5 heterocycles. The number of imide groups is 3. The second-order valence-corrected chi connectivity index (χ2v) is 17.5. The monoisotopic (exact) mass is 921 g/mol. The van der Waals surface area contributed by atoms with Crippen LogP contribution in [0, 0.1) is 30.6 Å². The lowest BCUT2D eigenvalue weighted by Gasteiger charge is -2.36. The van der Waals surface area contributed by atoms with Gasteiger partial charge in [0.25, 0.3) is 34.1 Å². The summed E-state index contributed by atoms with van der Waals surface area (Å²) in [5.41, 5.74) is 5.81. The van der Waals surface area contributed by atoms with Crippen molar-refractivity contribution in [2.75, 3.05) is 21.1 Å². The third kappa shape index (κ3) is 7.21. The number of benzene rings is 6. The summed E-state index contributed by atoms with van der Waals surface area (Å²) in [6.07, 6.45) is 0. The molecule has 6 amide bonds. The van der Waals surface area contributed by atoms with Gasteiger partial charge in [-0.2, -0.15) is 0 Å². The van der Waals surface area contributed by atoms with E-state index in [1.54, 1.807) is 12.1 Å². The Kier molecular flexibility index (Phi) is 11.3. The average molecular weight is 922 g/mol. The molecule has 15 heteroatoms. The van der Waals surface area contributed by atoms with Gasteiger partial charge in [-0.1, -0.05) is 109 Å². The molecule has 0 radical (unpaired) electrons. The van der Waals surface area contributed by atoms with Crippen LogP contribution in [0.15, 0.2) is 147 Å². The van der Waals surface area contributed by atoms with Crippen molar-refractivity contribution in [3.8, 4) is 22.3 Å². The van der Waals surface area contributed by atoms with Gasteiger partial charge in [-0.25, -0.2) is 0 Å². The molecule has 0 atom stereocenters. The lowest BCUT2D eigenvalue weighted by atomic mass is 9.59. The van der Waals surface area contributed by atoms with Crippen LogP contribution < -0.4 is 22.2 Å². The number of aromatic nitrogens is 2. The maximum atomic E-state index is 11.8. The highest BCUT2D eigenvalue weighted by Crippen LogP contribution is 2.55. The fourth-order valence-electron chi connectivity index (χ4n) is 9.75. The van der Waals surface area contributed by atoms with Gasteiger partial charge in [-0.05, 0) is 64.2 Å². The Morgan fingerprint density at radius 1 is 0.319 bits per heavy atom. The lowest BCUT2D eigenvalue weighted by molar-refractivity contribution is -0.146. The minimum atomic E-state index is -0.594. The number of likely N-dealkylation sites (tertiary alicyclic amines) is 2. The van der Waals surface area contributed by atoms with Crippen LogP contribution in [0.1, 0.15) is 26.3 Å². The number of aryl methyl sites for hydroxylation is 1. The summed E-state index contributed by atoms with van der Waals surface area (Å²) < 4.78 is 1.94. The van der Waals surface area contributed by atoms with Gasteiger partial charge in [0.1, 0.15) is 0 Å². The molecule has 0 spiro atoms. The molecule has 69 heavy (non-hydrogen) atoms. The van der Waals surface area contributed by atoms with Gasteiger partial charge in [0.05, 0.1) is 56.3 Å². The highest BCUT2D eigenvalue weighted by molar-refractivity contribution is 6.21. The molecule has 0 N–H and O–H groups in total. The van der Waals surface area contributed by atoms with Crippen molar-refractivity contribution in [1.82, 2.24) is 23.8 Å². The molecular weight excluding hydrogens is 879 g/mol. The van der Waals surface area contributed by atoms with E-state index in [1.807, 2.05) is 13.0 Å². The van der Waals surface area contributed by atoms with Crippen LogP contribution in [0.2, 0.25) is 0 Å². The summed E-state index contributed by atoms with van der Waals surface area (Å²) in [5, 5.41) is 3.33. The molecule has 5 aliphatic rings. The van der Waals surface area contributed by atoms with Crippen LogP contribution in [0.3, 0.4) is 0 Å². The minimum Gasteiger partial charge on any atom is -0.285 e. The molecule has 2 saturated heterocycles. The number of fused-ring (bicyclic) bond motifs is 12. The minimum absolute atomic E-state index is 0.178. The van der Waals surface area contributed by atoms with E-state index in [0.717, 1.165) is 29.4 Å². The van der Waals surface area contributed by atoms with Crippen LogP contribution in [0.25, 0.3) is 54.6 Å². The maximum Gasteiger partial charge on any atom is 0.261 e. The zero-order valence-electron chi connectivity index (χ0n) is 38.3. The molecule has 344 valence electrons. The zero-order valence-corrected chi connectivity index (χ0v) is 38.3. The van der Waals surface area contributed by atoms with Crippen LogP contribution in [0.4, 0.5) is 0 Å². The van der Waals surface area contributed by atoms with E-state index in [-0.39, 0.29) is 57.0 Å². The molecule has 1 saturated carbocycles. The summed E-state index contributed by atoms with van der Waals surface area (Å²) in [6, 6.07) is 41.7. The van der Waals surface area contributed by atoms with Gasteiger partial charge in [0.15, 0.2) is 0 Å². The van der Waals surface area contributed by atoms with Gasteiger partial charge in [0, 0.05) is 35.2 Å². The number of nitrogens with zero attached hydrogens (tertiary/aromatic N) is 5. The predicted octanol–water partition coefficient (Wildman–Crippen LogP) is 4.84. The Labute approximate surface area is 392 Å². The van der Waals surface area contributed by atoms with Crippen molar-refractivity contribution in [3.05, 3.63) is 185 Å². The molecule has 0 unspecified atom stereocenters. The average Bonchev–Trinajstić information content (AvgIpc) is 3.93. The molecule has 2 aromatic heterocycles. The van der Waals surface area contributed by atoms with Crippen molar-refractivity contribution in [2.45, 2.75) is 6.92 Å². The third-order valence-corrected chi connectivity index (χ3v) is 13.6. The summed E-state index contributed by atoms with van der Waals surface area (Å²) in [5.74, 6) is -4.09. The van der Waals surface area contributed by atoms with Crippen LogP contribution in [0.5, 0.6) is 0 Å². The molecule has 0 bridgehead atoms. The second-order valence-electron chi connectivity index (χ2n) is 17.5. The van der Waals surface area contributed by atoms with Crippen molar-refractivity contribution < 1.29 is 28.8 Å². The largest absolute Gasteiger partial charge is 0.285 e. The molecule has 3 fully saturated rings. The maximum absolute atomic E-state index is 11.8. The molecule has 8 aromatic rings. The third-order valence-electron chi connectivity index (χ3n) is 13.6. The Morgan fingerprint density at radius 3 is 0.928 bits per heavy atom. The summed E-state index contributed by atoms with van der Waals surface area (Å²) >= 11 is 0. The van der Waals surface area contributed by atoms with E-state index >= 15 is 0 Å². The Morgan fingerprint density at radius 2 is 0.609 bits per heavy atom. The van der Waals surface area contributed by atoms with Gasteiger partial charge < -0.3 is 0 Å². The number of rotatable bonds is 0. The smallest absolute Gasteiger partial charge is 0.261 e. The highest BCUT2D eigenvalue weighted by atomic mass is 16.2. The van der Waals surface area contributed by atoms with Crippen LogP contribution in [-0.4, -0.2) is 80.4 Å². The Hall–Kier alpha value is -8.72. The van der Waals surface area contributed by atoms with Crippen molar-refractivity contribution >= 4 is 67.8 Å². The van der Waals surface area contributed by atoms with E-state index in [4.69, 9.17) is 0 Å². The first-order valence-corrected chi connectivity index (χ1v) is 22.0. The highest BCUT2D eigenvalue weighted by Gasteiger charge is 2.72. The normalized spacial score (nSPS) is 18.9. The molecule has 13 rings (SSSR count). The number of amides is 6. The van der Waals surface area contributed by atoms with Crippen molar-refractivity contribution in [3.63, 3.8) is 0 Å². The Balaban J connectivity index is 0.000000109. The van der Waals surface area contributed by atoms with E-state index in [0.29, 0.717) is 11.1 Å². The topological polar surface area (TPSA) is 190 Å². The molecule has 6 aromatic carbocycles. The molecule has 2 aliphatic carbocycles. The van der Waals surface area contributed by atoms with Crippen molar-refractivity contribution in [2.24, 2.45) is 37.8 Å². The van der Waals surface area contributed by atoms with E-state index in [9.17, 15) is 47.9 Å². The standard InChI is InChI=1S/C12H8N2O4.C12H8.C10H10N2O4.C10H9NO2.C10H8/c1-13-9(15)5-3-7-8(4-6(5)10(13)16)12(18)14(2)11(7)17;1-2-6-10-9(5-1)11-7-3-4-8-12(10)11;1-11-7(13)3-4(8(11)14)6-5(3)9(15)12(2)10(6)16;1-6-3-4-7-8(5-6)10(13)11(2)9(7)12;1-2-6-10-8-4-3-7-9(10)5-1/h3-4H,1-2H3;1-8H;3-6H,1-2H3;3-5H,1-2H3;1-8H. The van der Waals surface area contributed by atoms with Crippen LogP contribution >= 0.6 is 0 Å². The SMILES string of the molecule is CN1C(=O)C2C(C1=O)C1C(=O)N(C)C(=O)C21.Cc1ccc2c(c1)C(=O)N(C)C2=O.Cn1c(=O)c2cc3c(=O)n(C)c(=O)c3cc2c1=O.c1ccc2c(c1)-c1ccccc1-2.c1ccc2ccccc2c1. The number of hydrogen-bond acceptors (Lipinski definition) is 10. The van der Waals surface area contributed by atoms with Crippen molar-refractivity contribution in [1.29, 1.82) is 0 Å². The zero-order chi connectivity index (χ0) is 49.3. The number of carbonyl (C=O) groups is 6.